The number of hydrogen-bond donors (Lipinski definition) is 3. The fourth-order valence-electron chi connectivity index (χ4n) is 4.11. The predicted molar refractivity (Wildman–Crippen MR) is 135 cm³/mol. The zero-order valence-electron chi connectivity index (χ0n) is 20.1. The van der Waals surface area contributed by atoms with Crippen molar-refractivity contribution >= 4 is 23.4 Å². The second kappa shape index (κ2) is 10.1. The Morgan fingerprint density at radius 1 is 1.14 bits per heavy atom. The van der Waals surface area contributed by atoms with Crippen molar-refractivity contribution < 1.29 is 14.3 Å². The minimum absolute atomic E-state index is 0.0249. The average molecular weight is 486 g/mol. The molecule has 0 fully saturated rings. The molecule has 0 saturated carbocycles. The van der Waals surface area contributed by atoms with Crippen LogP contribution in [-0.2, 0) is 12.8 Å². The molecule has 2 aromatic carbocycles. The number of nitrogens with one attached hydrogen (secondary N) is 2. The van der Waals surface area contributed by atoms with E-state index in [1.54, 1.807) is 11.1 Å². The normalized spacial score (nSPS) is 13.9. The summed E-state index contributed by atoms with van der Waals surface area (Å²) in [6.07, 6.45) is 3.00. The van der Waals surface area contributed by atoms with Gasteiger partial charge in [-0.15, -0.1) is 10.2 Å². The second-order valence-electron chi connectivity index (χ2n) is 8.57. The summed E-state index contributed by atoms with van der Waals surface area (Å²) in [6.45, 7) is 2.47. The molecule has 0 aliphatic carbocycles. The molecule has 4 aromatic rings. The van der Waals surface area contributed by atoms with Gasteiger partial charge in [-0.3, -0.25) is 4.79 Å². The number of carbonyl (C=O) groups excluding carboxylic acids is 1. The first-order chi connectivity index (χ1) is 17.6. The smallest absolute Gasteiger partial charge is 0.253 e. The van der Waals surface area contributed by atoms with Crippen LogP contribution < -0.4 is 10.6 Å². The lowest BCUT2D eigenvalue weighted by molar-refractivity contribution is 0.0781. The summed E-state index contributed by atoms with van der Waals surface area (Å²) >= 11 is 0. The summed E-state index contributed by atoms with van der Waals surface area (Å²) in [5.41, 5.74) is 3.91. The van der Waals surface area contributed by atoms with Crippen molar-refractivity contribution in [3.63, 3.8) is 0 Å². The highest BCUT2D eigenvalue weighted by Crippen LogP contribution is 2.30. The highest BCUT2D eigenvalue weighted by Gasteiger charge is 2.22. The van der Waals surface area contributed by atoms with Crippen LogP contribution >= 0.6 is 0 Å². The van der Waals surface area contributed by atoms with E-state index in [2.05, 4.69) is 30.8 Å². The standard InChI is InChI=1S/C26H27N7O3/c1-3-22-31-32-24(36-22)20-14-27-26(30-23(20)29-21(15-34)16-7-5-4-6-8-16)28-18-9-10-19-17(13-18)11-12-33(2)25(19)35/h4-10,13-14,21,34H,3,11-12,15H2,1-2H3,(H2,27,28,29,30)/t21-/m1/s1. The lowest BCUT2D eigenvalue weighted by Crippen LogP contribution is -2.34. The number of aliphatic hydroxyl groups excluding tert-OH is 1. The van der Waals surface area contributed by atoms with Crippen molar-refractivity contribution in [2.24, 2.45) is 0 Å². The van der Waals surface area contributed by atoms with Gasteiger partial charge in [-0.05, 0) is 35.7 Å². The van der Waals surface area contributed by atoms with Gasteiger partial charge < -0.3 is 25.1 Å². The number of rotatable bonds is 8. The van der Waals surface area contributed by atoms with Gasteiger partial charge in [0.1, 0.15) is 5.82 Å². The maximum atomic E-state index is 12.4. The predicted octanol–water partition coefficient (Wildman–Crippen LogP) is 3.61. The minimum Gasteiger partial charge on any atom is -0.421 e. The largest absolute Gasteiger partial charge is 0.421 e. The van der Waals surface area contributed by atoms with Gasteiger partial charge in [-0.2, -0.15) is 4.98 Å². The van der Waals surface area contributed by atoms with Crippen molar-refractivity contribution in [3.05, 3.63) is 77.3 Å². The summed E-state index contributed by atoms with van der Waals surface area (Å²) in [6, 6.07) is 14.8. The van der Waals surface area contributed by atoms with E-state index in [0.29, 0.717) is 47.6 Å². The molecule has 1 aliphatic rings. The quantitative estimate of drug-likeness (QED) is 0.343. The molecule has 1 atom stereocenters. The third-order valence-electron chi connectivity index (χ3n) is 6.14. The van der Waals surface area contributed by atoms with Crippen LogP contribution in [0.4, 0.5) is 17.5 Å². The van der Waals surface area contributed by atoms with Crippen LogP contribution in [-0.4, -0.2) is 56.3 Å². The van der Waals surface area contributed by atoms with E-state index in [4.69, 9.17) is 4.42 Å². The number of aryl methyl sites for hydroxylation is 1. The van der Waals surface area contributed by atoms with E-state index in [9.17, 15) is 9.90 Å². The van der Waals surface area contributed by atoms with Crippen molar-refractivity contribution in [1.82, 2.24) is 25.1 Å². The van der Waals surface area contributed by atoms with Crippen LogP contribution in [0.3, 0.4) is 0 Å². The van der Waals surface area contributed by atoms with Crippen LogP contribution in [0.15, 0.2) is 59.1 Å². The van der Waals surface area contributed by atoms with Crippen molar-refractivity contribution in [2.45, 2.75) is 25.8 Å². The summed E-state index contributed by atoms with van der Waals surface area (Å²) in [4.78, 5) is 23.3. The molecule has 36 heavy (non-hydrogen) atoms. The summed E-state index contributed by atoms with van der Waals surface area (Å²) in [5, 5.41) is 24.8. The number of aliphatic hydroxyl groups is 1. The third kappa shape index (κ3) is 4.76. The fourth-order valence-corrected chi connectivity index (χ4v) is 4.11. The van der Waals surface area contributed by atoms with Crippen molar-refractivity contribution in [3.8, 4) is 11.5 Å². The molecule has 2 aromatic heterocycles. The molecule has 10 heteroatoms. The average Bonchev–Trinajstić information content (AvgIpc) is 3.39. The van der Waals surface area contributed by atoms with Gasteiger partial charge >= 0.3 is 0 Å². The van der Waals surface area contributed by atoms with Gasteiger partial charge in [0.2, 0.25) is 11.8 Å². The van der Waals surface area contributed by atoms with E-state index in [1.165, 1.54) is 0 Å². The minimum atomic E-state index is -0.409. The SMILES string of the molecule is CCc1nnc(-c2cnc(Nc3ccc4c(c3)CCN(C)C4=O)nc2N[C@H](CO)c2ccccc2)o1. The lowest BCUT2D eigenvalue weighted by atomic mass is 9.99. The van der Waals surface area contributed by atoms with Gasteiger partial charge in [0.15, 0.2) is 0 Å². The summed E-state index contributed by atoms with van der Waals surface area (Å²) < 4.78 is 5.76. The van der Waals surface area contributed by atoms with Crippen molar-refractivity contribution in [1.29, 1.82) is 0 Å². The molecular formula is C26H27N7O3. The first-order valence-electron chi connectivity index (χ1n) is 11.8. The van der Waals surface area contributed by atoms with Crippen LogP contribution in [0.25, 0.3) is 11.5 Å². The fraction of sp³-hybridized carbons (Fsp3) is 0.269. The number of anilines is 3. The van der Waals surface area contributed by atoms with Gasteiger partial charge in [0.25, 0.3) is 11.8 Å². The molecule has 0 spiro atoms. The molecule has 0 radical (unpaired) electrons. The number of nitrogens with zero attached hydrogens (tertiary/aromatic N) is 5. The van der Waals surface area contributed by atoms with Crippen LogP contribution in [0.1, 0.15) is 40.3 Å². The summed E-state index contributed by atoms with van der Waals surface area (Å²) in [7, 11) is 1.81. The molecule has 1 amide bonds. The highest BCUT2D eigenvalue weighted by molar-refractivity contribution is 5.97. The molecule has 0 unspecified atom stereocenters. The number of benzene rings is 2. The molecule has 1 aliphatic heterocycles. The van der Waals surface area contributed by atoms with Crippen LogP contribution in [0.5, 0.6) is 0 Å². The Morgan fingerprint density at radius 3 is 2.72 bits per heavy atom. The topological polar surface area (TPSA) is 129 Å². The Kier molecular flexibility index (Phi) is 6.59. The molecule has 0 bridgehead atoms. The van der Waals surface area contributed by atoms with Crippen molar-refractivity contribution in [2.75, 3.05) is 30.8 Å². The molecule has 184 valence electrons. The number of amides is 1. The number of hydrogen-bond acceptors (Lipinski definition) is 9. The molecule has 10 nitrogen and oxygen atoms in total. The third-order valence-corrected chi connectivity index (χ3v) is 6.14. The lowest BCUT2D eigenvalue weighted by Gasteiger charge is -2.25. The maximum absolute atomic E-state index is 12.4. The van der Waals surface area contributed by atoms with E-state index in [1.807, 2.05) is 62.5 Å². The number of fused-ring (bicyclic) bond motifs is 1. The maximum Gasteiger partial charge on any atom is 0.253 e. The molecule has 3 N–H and O–H groups in total. The molecule has 5 rings (SSSR count). The first-order valence-corrected chi connectivity index (χ1v) is 11.8. The van der Waals surface area contributed by atoms with Gasteiger partial charge in [0, 0.05) is 37.5 Å². The Labute approximate surface area is 208 Å². The zero-order chi connectivity index (χ0) is 25.1. The Hall–Kier alpha value is -4.31. The van der Waals surface area contributed by atoms with Gasteiger partial charge in [0.05, 0.1) is 18.2 Å². The van der Waals surface area contributed by atoms with E-state index < -0.39 is 6.04 Å². The molecule has 3 heterocycles. The van der Waals surface area contributed by atoms with E-state index in [-0.39, 0.29) is 12.5 Å². The number of carbonyl (C=O) groups is 1. The zero-order valence-corrected chi connectivity index (χ0v) is 20.1. The Bertz CT molecular complexity index is 1370. The van der Waals surface area contributed by atoms with E-state index >= 15 is 0 Å². The number of aromatic nitrogens is 4. The number of likely N-dealkylation sites (N-methyl/N-ethyl adjacent to an activating group) is 1. The van der Waals surface area contributed by atoms with Gasteiger partial charge in [-0.25, -0.2) is 4.98 Å². The molecular weight excluding hydrogens is 458 g/mol. The second-order valence-corrected chi connectivity index (χ2v) is 8.57. The Balaban J connectivity index is 1.47. The monoisotopic (exact) mass is 485 g/mol. The van der Waals surface area contributed by atoms with E-state index in [0.717, 1.165) is 23.2 Å². The van der Waals surface area contributed by atoms with Crippen LogP contribution in [0, 0.1) is 0 Å². The Morgan fingerprint density at radius 2 is 1.97 bits per heavy atom. The van der Waals surface area contributed by atoms with Crippen LogP contribution in [0.2, 0.25) is 0 Å². The first kappa shape index (κ1) is 23.4. The summed E-state index contributed by atoms with van der Waals surface area (Å²) in [5.74, 6) is 1.62. The van der Waals surface area contributed by atoms with Gasteiger partial charge in [-0.1, -0.05) is 37.3 Å². The highest BCUT2D eigenvalue weighted by atomic mass is 16.4. The molecule has 0 saturated heterocycles.